The molecule has 0 aromatic carbocycles. The van der Waals surface area contributed by atoms with Gasteiger partial charge in [0.2, 0.25) is 0 Å². The maximum absolute atomic E-state index is 12.9. The summed E-state index contributed by atoms with van der Waals surface area (Å²) >= 11 is 0. The fourth-order valence-electron chi connectivity index (χ4n) is 10.4. The molecule has 0 aliphatic heterocycles. The molecule has 0 bridgehead atoms. The molecule has 0 saturated carbocycles. The molecule has 6 nitrogen and oxygen atoms in total. The van der Waals surface area contributed by atoms with E-state index in [1.165, 1.54) is 250 Å². The van der Waals surface area contributed by atoms with Crippen LogP contribution in [0.25, 0.3) is 0 Å². The first kappa shape index (κ1) is 77.1. The van der Waals surface area contributed by atoms with Crippen LogP contribution in [0, 0.1) is 0 Å². The van der Waals surface area contributed by atoms with Crippen LogP contribution in [-0.4, -0.2) is 37.2 Å². The summed E-state index contributed by atoms with van der Waals surface area (Å²) in [4.78, 5) is 38.2. The molecule has 0 aromatic heterocycles. The fourth-order valence-corrected chi connectivity index (χ4v) is 10.4. The predicted molar refractivity (Wildman–Crippen MR) is 348 cm³/mol. The highest BCUT2D eigenvalue weighted by Crippen LogP contribution is 2.18. The number of allylic oxidation sites excluding steroid dienone is 10. The molecule has 0 spiro atoms. The summed E-state index contributed by atoms with van der Waals surface area (Å²) < 4.78 is 16.9. The van der Waals surface area contributed by atoms with Crippen molar-refractivity contribution < 1.29 is 28.6 Å². The highest BCUT2D eigenvalue weighted by Gasteiger charge is 2.19. The largest absolute Gasteiger partial charge is 0.462 e. The number of ether oxygens (including phenoxy) is 3. The zero-order chi connectivity index (χ0) is 57.8. The normalized spacial score (nSPS) is 12.4. The fraction of sp³-hybridized carbons (Fsp3) is 0.824. The minimum absolute atomic E-state index is 0.0752. The van der Waals surface area contributed by atoms with Crippen LogP contribution in [0.15, 0.2) is 60.8 Å². The summed E-state index contributed by atoms with van der Waals surface area (Å²) in [5, 5.41) is 0. The van der Waals surface area contributed by atoms with E-state index in [2.05, 4.69) is 81.5 Å². The van der Waals surface area contributed by atoms with E-state index in [4.69, 9.17) is 14.2 Å². The monoisotopic (exact) mass is 1120 g/mol. The molecule has 0 saturated heterocycles. The van der Waals surface area contributed by atoms with Gasteiger partial charge in [-0.05, 0) is 89.9 Å². The predicted octanol–water partition coefficient (Wildman–Crippen LogP) is 24.3. The van der Waals surface area contributed by atoms with Gasteiger partial charge in [0.25, 0.3) is 0 Å². The lowest BCUT2D eigenvalue weighted by atomic mass is 10.0. The second kappa shape index (κ2) is 68.6. The van der Waals surface area contributed by atoms with Crippen LogP contribution in [-0.2, 0) is 28.6 Å². The average Bonchev–Trinajstić information content (AvgIpc) is 3.46. The zero-order valence-electron chi connectivity index (χ0n) is 53.6. The van der Waals surface area contributed by atoms with Gasteiger partial charge in [0.1, 0.15) is 13.2 Å². The molecule has 466 valence electrons. The third kappa shape index (κ3) is 65.9. The molecule has 0 N–H and O–H groups in total. The number of hydrogen-bond acceptors (Lipinski definition) is 6. The van der Waals surface area contributed by atoms with E-state index >= 15 is 0 Å². The molecule has 0 aromatic rings. The van der Waals surface area contributed by atoms with Crippen molar-refractivity contribution in [3.8, 4) is 0 Å². The Bertz CT molecular complexity index is 1430. The Balaban J connectivity index is 4.05. The van der Waals surface area contributed by atoms with E-state index < -0.39 is 6.10 Å². The van der Waals surface area contributed by atoms with Crippen LogP contribution in [0.1, 0.15) is 374 Å². The van der Waals surface area contributed by atoms with Crippen molar-refractivity contribution in [1.82, 2.24) is 0 Å². The molecular formula is C74H134O6. The van der Waals surface area contributed by atoms with E-state index in [1.54, 1.807) is 0 Å². The lowest BCUT2D eigenvalue weighted by Crippen LogP contribution is -2.30. The number of rotatable bonds is 65. The summed E-state index contributed by atoms with van der Waals surface area (Å²) in [6.45, 7) is 6.63. The Kier molecular flexibility index (Phi) is 66.1. The first-order valence-corrected chi connectivity index (χ1v) is 35.3. The minimum Gasteiger partial charge on any atom is -0.462 e. The van der Waals surface area contributed by atoms with Crippen LogP contribution in [0.2, 0.25) is 0 Å². The number of unbranched alkanes of at least 4 members (excludes halogenated alkanes) is 44. The van der Waals surface area contributed by atoms with E-state index in [-0.39, 0.29) is 31.1 Å². The lowest BCUT2D eigenvalue weighted by Gasteiger charge is -2.18. The van der Waals surface area contributed by atoms with Crippen molar-refractivity contribution in [3.63, 3.8) is 0 Å². The zero-order valence-corrected chi connectivity index (χ0v) is 53.6. The van der Waals surface area contributed by atoms with Crippen LogP contribution in [0.4, 0.5) is 0 Å². The molecule has 0 amide bonds. The maximum Gasteiger partial charge on any atom is 0.306 e. The Hall–Kier alpha value is -2.89. The molecule has 0 radical (unpaired) electrons. The molecule has 0 aliphatic rings. The number of carbonyl (C=O) groups is 3. The first-order valence-electron chi connectivity index (χ1n) is 35.3. The molecule has 0 aliphatic carbocycles. The Labute approximate surface area is 498 Å². The Morgan fingerprint density at radius 1 is 0.250 bits per heavy atom. The van der Waals surface area contributed by atoms with Gasteiger partial charge in [-0.1, -0.05) is 326 Å². The van der Waals surface area contributed by atoms with E-state index in [9.17, 15) is 14.4 Å². The third-order valence-electron chi connectivity index (χ3n) is 15.7. The highest BCUT2D eigenvalue weighted by molar-refractivity contribution is 5.71. The quantitative estimate of drug-likeness (QED) is 0.0261. The summed E-state index contributed by atoms with van der Waals surface area (Å²) in [5.74, 6) is -0.872. The topological polar surface area (TPSA) is 78.9 Å². The van der Waals surface area contributed by atoms with E-state index in [1.807, 2.05) is 0 Å². The van der Waals surface area contributed by atoms with Crippen molar-refractivity contribution in [2.24, 2.45) is 0 Å². The smallest absolute Gasteiger partial charge is 0.306 e. The van der Waals surface area contributed by atoms with Gasteiger partial charge in [-0.25, -0.2) is 0 Å². The summed E-state index contributed by atoms with van der Waals surface area (Å²) in [5.41, 5.74) is 0. The Morgan fingerprint density at radius 2 is 0.450 bits per heavy atom. The van der Waals surface area contributed by atoms with Gasteiger partial charge in [-0.2, -0.15) is 0 Å². The van der Waals surface area contributed by atoms with Crippen molar-refractivity contribution in [2.45, 2.75) is 380 Å². The maximum atomic E-state index is 12.9. The van der Waals surface area contributed by atoms with Crippen molar-refractivity contribution >= 4 is 17.9 Å². The summed E-state index contributed by atoms with van der Waals surface area (Å²) in [7, 11) is 0. The van der Waals surface area contributed by atoms with Crippen molar-refractivity contribution in [3.05, 3.63) is 60.8 Å². The molecule has 0 fully saturated rings. The summed E-state index contributed by atoms with van der Waals surface area (Å²) in [6, 6.07) is 0. The number of esters is 3. The first-order chi connectivity index (χ1) is 39.5. The van der Waals surface area contributed by atoms with Gasteiger partial charge >= 0.3 is 17.9 Å². The second-order valence-corrected chi connectivity index (χ2v) is 23.8. The van der Waals surface area contributed by atoms with Crippen molar-refractivity contribution in [2.75, 3.05) is 13.2 Å². The molecule has 6 heteroatoms. The van der Waals surface area contributed by atoms with Gasteiger partial charge < -0.3 is 14.2 Å². The standard InChI is InChI=1S/C74H134O6/c1-4-7-10-13-16-19-21-23-25-27-29-31-32-33-34-35-36-37-38-39-40-41-42-44-45-47-49-51-53-55-58-61-64-67-73(76)79-70-71(69-78-72(75)66-63-60-57-18-15-12-9-6-3)80-74(77)68-65-62-59-56-54-52-50-48-46-43-30-28-26-24-22-20-17-14-11-8-5-2/h21-24,27-30,46,48,71H,4-20,25-26,31-45,47,49-70H2,1-3H3/b23-21-,24-22-,29-27-,30-28-,48-46-. The molecular weight excluding hydrogens is 985 g/mol. The van der Waals surface area contributed by atoms with Crippen LogP contribution in [0.5, 0.6) is 0 Å². The molecule has 1 atom stereocenters. The van der Waals surface area contributed by atoms with Gasteiger partial charge in [0.15, 0.2) is 6.10 Å². The lowest BCUT2D eigenvalue weighted by molar-refractivity contribution is -0.167. The SMILES string of the molecule is CCCCCCC/C=C\C/C=C\C/C=C\CCCCCCCCC(=O)OC(COC(=O)CCCCCCCCCC)COC(=O)CCCCCCCCCCCCCCCCCCCCCCC/C=C\C/C=C\CCCCCCC. The van der Waals surface area contributed by atoms with Gasteiger partial charge in [0, 0.05) is 19.3 Å². The summed E-state index contributed by atoms with van der Waals surface area (Å²) in [6.07, 6.45) is 88.5. The molecule has 1 unspecified atom stereocenters. The minimum atomic E-state index is -0.778. The Morgan fingerprint density at radius 3 is 0.700 bits per heavy atom. The second-order valence-electron chi connectivity index (χ2n) is 23.8. The van der Waals surface area contributed by atoms with Crippen LogP contribution < -0.4 is 0 Å². The van der Waals surface area contributed by atoms with Crippen LogP contribution >= 0.6 is 0 Å². The van der Waals surface area contributed by atoms with Gasteiger partial charge in [-0.3, -0.25) is 14.4 Å². The van der Waals surface area contributed by atoms with E-state index in [0.29, 0.717) is 19.3 Å². The van der Waals surface area contributed by atoms with E-state index in [0.717, 1.165) is 83.5 Å². The van der Waals surface area contributed by atoms with Crippen molar-refractivity contribution in [1.29, 1.82) is 0 Å². The highest BCUT2D eigenvalue weighted by atomic mass is 16.6. The van der Waals surface area contributed by atoms with Gasteiger partial charge in [-0.15, -0.1) is 0 Å². The average molecular weight is 1120 g/mol. The molecule has 0 heterocycles. The molecule has 0 rings (SSSR count). The molecule has 80 heavy (non-hydrogen) atoms. The number of carbonyl (C=O) groups excluding carboxylic acids is 3. The number of hydrogen-bond donors (Lipinski definition) is 0. The van der Waals surface area contributed by atoms with Crippen LogP contribution in [0.3, 0.4) is 0 Å². The van der Waals surface area contributed by atoms with Gasteiger partial charge in [0.05, 0.1) is 0 Å². The third-order valence-corrected chi connectivity index (χ3v) is 15.7.